The van der Waals surface area contributed by atoms with Gasteiger partial charge in [-0.05, 0) is 24.3 Å². The van der Waals surface area contributed by atoms with E-state index in [0.29, 0.717) is 0 Å². The molecule has 8 heteroatoms. The standard InChI is InChI=1S/C14H11N4O3P/c19-22(20-17-9-15-11-5-1-3-7-13(11)17)21-18-10-16-12-6-2-4-8-14(12)18/h1-10,22H. The van der Waals surface area contributed by atoms with Crippen LogP contribution in [0.4, 0.5) is 0 Å². The molecule has 0 aliphatic carbocycles. The van der Waals surface area contributed by atoms with Crippen molar-refractivity contribution in [2.24, 2.45) is 0 Å². The van der Waals surface area contributed by atoms with E-state index in [2.05, 4.69) is 9.97 Å². The van der Waals surface area contributed by atoms with Gasteiger partial charge >= 0.3 is 8.25 Å². The van der Waals surface area contributed by atoms with Gasteiger partial charge in [-0.3, -0.25) is 0 Å². The molecule has 0 radical (unpaired) electrons. The lowest BCUT2D eigenvalue weighted by Gasteiger charge is -2.08. The van der Waals surface area contributed by atoms with Gasteiger partial charge in [-0.25, -0.2) is 14.5 Å². The van der Waals surface area contributed by atoms with Crippen LogP contribution in [0.25, 0.3) is 22.1 Å². The Kier molecular flexibility index (Phi) is 3.05. The van der Waals surface area contributed by atoms with Crippen LogP contribution in [0.2, 0.25) is 0 Å². The van der Waals surface area contributed by atoms with Crippen LogP contribution >= 0.6 is 8.25 Å². The number of rotatable bonds is 4. The van der Waals surface area contributed by atoms with Gasteiger partial charge in [-0.1, -0.05) is 24.3 Å². The second-order valence-corrected chi connectivity index (χ2v) is 5.42. The topological polar surface area (TPSA) is 71.2 Å². The summed E-state index contributed by atoms with van der Waals surface area (Å²) in [4.78, 5) is 8.32. The van der Waals surface area contributed by atoms with E-state index in [1.54, 1.807) is 0 Å². The van der Waals surface area contributed by atoms with Crippen molar-refractivity contribution < 1.29 is 13.8 Å². The number of fused-ring (bicyclic) bond motifs is 2. The molecule has 0 saturated heterocycles. The summed E-state index contributed by atoms with van der Waals surface area (Å²) in [6.45, 7) is 0. The van der Waals surface area contributed by atoms with Gasteiger partial charge in [0.2, 0.25) is 0 Å². The third-order valence-corrected chi connectivity index (χ3v) is 3.88. The molecule has 2 aromatic carbocycles. The molecule has 0 saturated carbocycles. The lowest BCUT2D eigenvalue weighted by molar-refractivity contribution is 0.203. The number of para-hydroxylation sites is 4. The second-order valence-electron chi connectivity index (χ2n) is 4.55. The molecule has 0 N–H and O–H groups in total. The lowest BCUT2D eigenvalue weighted by atomic mass is 10.3. The average Bonchev–Trinajstić information content (AvgIpc) is 3.13. The van der Waals surface area contributed by atoms with Gasteiger partial charge in [0, 0.05) is 0 Å². The Morgan fingerprint density at radius 1 is 0.773 bits per heavy atom. The van der Waals surface area contributed by atoms with Crippen molar-refractivity contribution in [1.82, 2.24) is 19.4 Å². The Labute approximate surface area is 125 Å². The second kappa shape index (κ2) is 5.20. The van der Waals surface area contributed by atoms with Crippen molar-refractivity contribution in [2.75, 3.05) is 0 Å². The highest BCUT2D eigenvalue weighted by Gasteiger charge is 2.10. The molecule has 0 bridgehead atoms. The van der Waals surface area contributed by atoms with Crippen molar-refractivity contribution in [3.63, 3.8) is 0 Å². The Balaban J connectivity index is 1.58. The number of aromatic nitrogens is 4. The average molecular weight is 314 g/mol. The highest BCUT2D eigenvalue weighted by atomic mass is 31.1. The van der Waals surface area contributed by atoms with E-state index in [1.165, 1.54) is 22.1 Å². The maximum atomic E-state index is 12.1. The summed E-state index contributed by atoms with van der Waals surface area (Å²) in [7, 11) is -2.82. The molecule has 4 rings (SSSR count). The van der Waals surface area contributed by atoms with Gasteiger partial charge in [0.25, 0.3) is 0 Å². The van der Waals surface area contributed by atoms with E-state index in [-0.39, 0.29) is 0 Å². The number of nitrogens with zero attached hydrogens (tertiary/aromatic N) is 4. The molecular weight excluding hydrogens is 303 g/mol. The van der Waals surface area contributed by atoms with Crippen LogP contribution in [0.15, 0.2) is 61.2 Å². The summed E-state index contributed by atoms with van der Waals surface area (Å²) in [5, 5.41) is 0. The smallest absolute Gasteiger partial charge is 0.323 e. The summed E-state index contributed by atoms with van der Waals surface area (Å²) in [6.07, 6.45) is 2.92. The number of imidazole rings is 2. The van der Waals surface area contributed by atoms with Crippen LogP contribution in [-0.2, 0) is 4.57 Å². The monoisotopic (exact) mass is 314 g/mol. The van der Waals surface area contributed by atoms with Crippen LogP contribution in [-0.4, -0.2) is 19.4 Å². The van der Waals surface area contributed by atoms with E-state index in [9.17, 15) is 4.57 Å². The van der Waals surface area contributed by atoms with Crippen LogP contribution in [0.1, 0.15) is 0 Å². The molecule has 22 heavy (non-hydrogen) atoms. The van der Waals surface area contributed by atoms with Crippen molar-refractivity contribution in [3.05, 3.63) is 61.2 Å². The number of hydrogen-bond donors (Lipinski definition) is 0. The van der Waals surface area contributed by atoms with Crippen LogP contribution < -0.4 is 9.25 Å². The first-order chi connectivity index (χ1) is 10.8. The zero-order valence-corrected chi connectivity index (χ0v) is 12.3. The molecule has 0 aliphatic rings. The van der Waals surface area contributed by atoms with E-state index in [1.807, 2.05) is 48.5 Å². The maximum Gasteiger partial charge on any atom is 0.456 e. The summed E-state index contributed by atoms with van der Waals surface area (Å²) in [5.74, 6) is 0. The van der Waals surface area contributed by atoms with Gasteiger partial charge in [-0.15, -0.1) is 0 Å². The van der Waals surface area contributed by atoms with E-state index in [4.69, 9.17) is 9.25 Å². The number of benzene rings is 2. The predicted molar refractivity (Wildman–Crippen MR) is 81.6 cm³/mol. The fourth-order valence-corrected chi connectivity index (χ4v) is 2.84. The highest BCUT2D eigenvalue weighted by molar-refractivity contribution is 7.33. The molecule has 0 amide bonds. The molecule has 0 atom stereocenters. The molecule has 0 fully saturated rings. The Morgan fingerprint density at radius 2 is 1.23 bits per heavy atom. The highest BCUT2D eigenvalue weighted by Crippen LogP contribution is 2.21. The summed E-state index contributed by atoms with van der Waals surface area (Å²) in [5.41, 5.74) is 2.95. The quantitative estimate of drug-likeness (QED) is 0.541. The van der Waals surface area contributed by atoms with Gasteiger partial charge in [0.1, 0.15) is 23.7 Å². The van der Waals surface area contributed by atoms with Gasteiger partial charge in [0.05, 0.1) is 11.0 Å². The van der Waals surface area contributed by atoms with Crippen molar-refractivity contribution >= 4 is 30.3 Å². The predicted octanol–water partition coefficient (Wildman–Crippen LogP) is 2.33. The molecule has 2 heterocycles. The fraction of sp³-hybridized carbons (Fsp3) is 0. The molecule has 0 aliphatic heterocycles. The summed E-state index contributed by atoms with van der Waals surface area (Å²) >= 11 is 0. The van der Waals surface area contributed by atoms with Crippen molar-refractivity contribution in [1.29, 1.82) is 0 Å². The van der Waals surface area contributed by atoms with Gasteiger partial charge in [0.15, 0.2) is 0 Å². The third-order valence-electron chi connectivity index (χ3n) is 3.19. The third kappa shape index (κ3) is 2.21. The Morgan fingerprint density at radius 3 is 1.73 bits per heavy atom. The minimum Gasteiger partial charge on any atom is -0.323 e. The first-order valence-electron chi connectivity index (χ1n) is 6.56. The minimum absolute atomic E-state index is 0.722. The molecule has 7 nitrogen and oxygen atoms in total. The Bertz CT molecular complexity index is 900. The largest absolute Gasteiger partial charge is 0.456 e. The van der Waals surface area contributed by atoms with Crippen molar-refractivity contribution in [2.45, 2.75) is 0 Å². The molecule has 2 aromatic heterocycles. The van der Waals surface area contributed by atoms with Crippen LogP contribution in [0, 0.1) is 0 Å². The van der Waals surface area contributed by atoms with Gasteiger partial charge < -0.3 is 9.25 Å². The molecule has 4 aromatic rings. The summed E-state index contributed by atoms with van der Waals surface area (Å²) < 4.78 is 25.4. The molecule has 0 unspecified atom stereocenters. The lowest BCUT2D eigenvalue weighted by Crippen LogP contribution is -2.09. The van der Waals surface area contributed by atoms with Crippen LogP contribution in [0.5, 0.6) is 0 Å². The van der Waals surface area contributed by atoms with E-state index in [0.717, 1.165) is 22.1 Å². The first-order valence-corrected chi connectivity index (χ1v) is 7.78. The normalized spacial score (nSPS) is 11.3. The first kappa shape index (κ1) is 12.9. The van der Waals surface area contributed by atoms with Crippen molar-refractivity contribution in [3.8, 4) is 0 Å². The SMILES string of the molecule is O=[PH](On1cnc2ccccc21)On1cnc2ccccc21. The van der Waals surface area contributed by atoms with Crippen LogP contribution in [0.3, 0.4) is 0 Å². The van der Waals surface area contributed by atoms with Gasteiger partial charge in [-0.2, -0.15) is 9.46 Å². The maximum absolute atomic E-state index is 12.1. The number of hydrogen-bond acceptors (Lipinski definition) is 5. The molecular formula is C14H11N4O3P. The molecule has 110 valence electrons. The van der Waals surface area contributed by atoms with E-state index >= 15 is 0 Å². The Hall–Kier alpha value is -2.79. The summed E-state index contributed by atoms with van der Waals surface area (Å²) in [6, 6.07) is 14.8. The minimum atomic E-state index is -2.82. The fourth-order valence-electron chi connectivity index (χ4n) is 2.20. The molecule has 0 spiro atoms. The zero-order valence-electron chi connectivity index (χ0n) is 11.3. The zero-order chi connectivity index (χ0) is 14.9. The van der Waals surface area contributed by atoms with E-state index < -0.39 is 8.25 Å².